The molecule has 1 heterocycles. The van der Waals surface area contributed by atoms with Crippen LogP contribution in [-0.2, 0) is 9.63 Å². The smallest absolute Gasteiger partial charge is 0.312 e. The fourth-order valence-electron chi connectivity index (χ4n) is 1.76. The van der Waals surface area contributed by atoms with Gasteiger partial charge in [0.2, 0.25) is 0 Å². The number of nitrogens with two attached hydrogens (primary N) is 1. The second kappa shape index (κ2) is 6.44. The Morgan fingerprint density at radius 3 is 2.65 bits per heavy atom. The molecule has 1 aliphatic heterocycles. The Hall–Kier alpha value is -1.30. The van der Waals surface area contributed by atoms with Crippen LogP contribution in [0.15, 0.2) is 0 Å². The van der Waals surface area contributed by atoms with E-state index < -0.39 is 12.1 Å². The fourth-order valence-corrected chi connectivity index (χ4v) is 1.76. The minimum atomic E-state index is -0.680. The second-order valence-corrected chi connectivity index (χ2v) is 4.35. The van der Waals surface area contributed by atoms with E-state index in [9.17, 15) is 9.59 Å². The van der Waals surface area contributed by atoms with Crippen molar-refractivity contribution in [2.24, 2.45) is 11.7 Å². The van der Waals surface area contributed by atoms with Gasteiger partial charge in [0.25, 0.3) is 5.91 Å². The van der Waals surface area contributed by atoms with Crippen LogP contribution in [0.1, 0.15) is 33.1 Å². The molecule has 0 aliphatic carbocycles. The standard InChI is InChI=1S/C11H21N3O3/c1-3-8(2)9(13-11(12)16)10(15)14-6-4-5-7-17-14/h8-9H,3-7H2,1-2H3,(H3,12,13,16). The number of urea groups is 1. The fraction of sp³-hybridized carbons (Fsp3) is 0.818. The highest BCUT2D eigenvalue weighted by Crippen LogP contribution is 2.14. The van der Waals surface area contributed by atoms with Crippen LogP contribution in [0, 0.1) is 5.92 Å². The van der Waals surface area contributed by atoms with E-state index in [0.717, 1.165) is 19.3 Å². The van der Waals surface area contributed by atoms with Gasteiger partial charge in [-0.05, 0) is 18.8 Å². The molecule has 98 valence electrons. The second-order valence-electron chi connectivity index (χ2n) is 4.35. The summed E-state index contributed by atoms with van der Waals surface area (Å²) in [6.45, 7) is 4.99. The largest absolute Gasteiger partial charge is 0.352 e. The summed E-state index contributed by atoms with van der Waals surface area (Å²) in [4.78, 5) is 28.4. The molecule has 3 N–H and O–H groups in total. The lowest BCUT2D eigenvalue weighted by Crippen LogP contribution is -2.53. The number of hydrogen-bond acceptors (Lipinski definition) is 3. The highest BCUT2D eigenvalue weighted by Gasteiger charge is 2.30. The van der Waals surface area contributed by atoms with Gasteiger partial charge < -0.3 is 11.1 Å². The van der Waals surface area contributed by atoms with E-state index in [0.29, 0.717) is 13.2 Å². The van der Waals surface area contributed by atoms with Gasteiger partial charge in [0, 0.05) is 6.54 Å². The van der Waals surface area contributed by atoms with Gasteiger partial charge in [0.1, 0.15) is 6.04 Å². The van der Waals surface area contributed by atoms with Gasteiger partial charge in [-0.25, -0.2) is 9.86 Å². The number of carbonyl (C=O) groups is 2. The van der Waals surface area contributed by atoms with E-state index >= 15 is 0 Å². The zero-order valence-corrected chi connectivity index (χ0v) is 10.4. The minimum Gasteiger partial charge on any atom is -0.352 e. The monoisotopic (exact) mass is 243 g/mol. The summed E-state index contributed by atoms with van der Waals surface area (Å²) in [5.74, 6) is -0.182. The lowest BCUT2D eigenvalue weighted by molar-refractivity contribution is -0.200. The number of amides is 3. The van der Waals surface area contributed by atoms with E-state index in [4.69, 9.17) is 10.6 Å². The van der Waals surface area contributed by atoms with Gasteiger partial charge in [-0.2, -0.15) is 0 Å². The summed E-state index contributed by atoms with van der Waals surface area (Å²) < 4.78 is 0. The van der Waals surface area contributed by atoms with Crippen molar-refractivity contribution in [1.29, 1.82) is 0 Å². The highest BCUT2D eigenvalue weighted by molar-refractivity contribution is 5.86. The third-order valence-corrected chi connectivity index (χ3v) is 3.03. The van der Waals surface area contributed by atoms with E-state index in [1.807, 2.05) is 13.8 Å². The minimum absolute atomic E-state index is 0.0283. The molecule has 6 heteroatoms. The van der Waals surface area contributed by atoms with Crippen molar-refractivity contribution in [3.05, 3.63) is 0 Å². The molecule has 0 saturated carbocycles. The number of primary amides is 1. The average molecular weight is 243 g/mol. The Morgan fingerprint density at radius 2 is 2.18 bits per heavy atom. The number of hydrogen-bond donors (Lipinski definition) is 2. The molecular formula is C11H21N3O3. The average Bonchev–Trinajstić information content (AvgIpc) is 2.35. The normalized spacial score (nSPS) is 19.5. The summed E-state index contributed by atoms with van der Waals surface area (Å²) in [5.41, 5.74) is 5.09. The Bertz CT molecular complexity index is 277. The van der Waals surface area contributed by atoms with Crippen LogP contribution >= 0.6 is 0 Å². The summed E-state index contributed by atoms with van der Waals surface area (Å²) in [7, 11) is 0. The quantitative estimate of drug-likeness (QED) is 0.759. The van der Waals surface area contributed by atoms with Crippen molar-refractivity contribution in [3.63, 3.8) is 0 Å². The Labute approximate surface area is 101 Å². The zero-order chi connectivity index (χ0) is 12.8. The van der Waals surface area contributed by atoms with E-state index in [2.05, 4.69) is 5.32 Å². The SMILES string of the molecule is CCC(C)C(NC(N)=O)C(=O)N1CCCCO1. The van der Waals surface area contributed by atoms with Crippen LogP contribution in [0.3, 0.4) is 0 Å². The number of carbonyl (C=O) groups excluding carboxylic acids is 2. The van der Waals surface area contributed by atoms with Crippen LogP contribution in [-0.4, -0.2) is 36.2 Å². The first-order valence-electron chi connectivity index (χ1n) is 6.06. The number of nitrogens with zero attached hydrogens (tertiary/aromatic N) is 1. The number of hydroxylamine groups is 2. The zero-order valence-electron chi connectivity index (χ0n) is 10.4. The third kappa shape index (κ3) is 3.89. The first-order valence-corrected chi connectivity index (χ1v) is 6.06. The predicted octanol–water partition coefficient (Wildman–Crippen LogP) is 0.623. The van der Waals surface area contributed by atoms with Gasteiger partial charge in [-0.1, -0.05) is 20.3 Å². The maximum Gasteiger partial charge on any atom is 0.312 e. The van der Waals surface area contributed by atoms with Gasteiger partial charge in [0.15, 0.2) is 0 Å². The van der Waals surface area contributed by atoms with Crippen LogP contribution in [0.5, 0.6) is 0 Å². The van der Waals surface area contributed by atoms with Crippen LogP contribution in [0.2, 0.25) is 0 Å². The molecule has 1 rings (SSSR count). The highest BCUT2D eigenvalue weighted by atomic mass is 16.7. The van der Waals surface area contributed by atoms with Crippen molar-refractivity contribution in [1.82, 2.24) is 10.4 Å². The predicted molar refractivity (Wildman–Crippen MR) is 62.9 cm³/mol. The maximum absolute atomic E-state index is 12.2. The molecule has 17 heavy (non-hydrogen) atoms. The molecule has 1 aliphatic rings. The Morgan fingerprint density at radius 1 is 1.47 bits per heavy atom. The molecule has 1 fully saturated rings. The molecule has 1 saturated heterocycles. The summed E-state index contributed by atoms with van der Waals surface area (Å²) in [5, 5.41) is 3.84. The summed E-state index contributed by atoms with van der Waals surface area (Å²) in [6.07, 6.45) is 2.67. The Kier molecular flexibility index (Phi) is 5.21. The van der Waals surface area contributed by atoms with E-state index in [1.54, 1.807) is 0 Å². The van der Waals surface area contributed by atoms with Crippen molar-refractivity contribution >= 4 is 11.9 Å². The van der Waals surface area contributed by atoms with Crippen molar-refractivity contribution in [2.45, 2.75) is 39.2 Å². The molecule has 0 aromatic carbocycles. The lowest BCUT2D eigenvalue weighted by Gasteiger charge is -2.31. The lowest BCUT2D eigenvalue weighted by atomic mass is 9.98. The maximum atomic E-state index is 12.2. The van der Waals surface area contributed by atoms with Gasteiger partial charge in [-0.15, -0.1) is 0 Å². The van der Waals surface area contributed by atoms with Gasteiger partial charge >= 0.3 is 6.03 Å². The molecule has 0 bridgehead atoms. The topological polar surface area (TPSA) is 84.7 Å². The molecule has 0 aromatic heterocycles. The third-order valence-electron chi connectivity index (χ3n) is 3.03. The van der Waals surface area contributed by atoms with Gasteiger partial charge in [-0.3, -0.25) is 9.63 Å². The summed E-state index contributed by atoms with van der Waals surface area (Å²) >= 11 is 0. The molecule has 2 atom stereocenters. The molecule has 6 nitrogen and oxygen atoms in total. The molecule has 2 unspecified atom stereocenters. The van der Waals surface area contributed by atoms with E-state index in [-0.39, 0.29) is 11.8 Å². The number of nitrogens with one attached hydrogen (secondary N) is 1. The molecule has 3 amide bonds. The van der Waals surface area contributed by atoms with Crippen LogP contribution < -0.4 is 11.1 Å². The van der Waals surface area contributed by atoms with Crippen LogP contribution in [0.4, 0.5) is 4.79 Å². The molecule has 0 spiro atoms. The Balaban J connectivity index is 2.66. The molecule has 0 radical (unpaired) electrons. The van der Waals surface area contributed by atoms with Crippen molar-refractivity contribution in [3.8, 4) is 0 Å². The summed E-state index contributed by atoms with van der Waals surface area (Å²) in [6, 6.07) is -1.28. The van der Waals surface area contributed by atoms with Gasteiger partial charge in [0.05, 0.1) is 6.61 Å². The van der Waals surface area contributed by atoms with Crippen LogP contribution in [0.25, 0.3) is 0 Å². The first-order chi connectivity index (χ1) is 8.06. The molecular weight excluding hydrogens is 222 g/mol. The van der Waals surface area contributed by atoms with Crippen molar-refractivity contribution < 1.29 is 14.4 Å². The van der Waals surface area contributed by atoms with E-state index in [1.165, 1.54) is 5.06 Å². The van der Waals surface area contributed by atoms with Crippen molar-refractivity contribution in [2.75, 3.05) is 13.2 Å². The molecule has 0 aromatic rings. The first kappa shape index (κ1) is 13.8. The number of rotatable bonds is 4.